The number of amides is 1. The fourth-order valence-electron chi connectivity index (χ4n) is 3.96. The van der Waals surface area contributed by atoms with Crippen LogP contribution in [0.4, 0.5) is 5.69 Å². The lowest BCUT2D eigenvalue weighted by Gasteiger charge is -2.31. The molecular formula is C24H32N2O4S. The van der Waals surface area contributed by atoms with E-state index in [4.69, 9.17) is 4.74 Å². The maximum Gasteiger partial charge on any atom is 0.264 e. The maximum absolute atomic E-state index is 13.6. The molecule has 3 rings (SSSR count). The van der Waals surface area contributed by atoms with E-state index < -0.39 is 10.0 Å². The van der Waals surface area contributed by atoms with Gasteiger partial charge in [-0.25, -0.2) is 8.42 Å². The van der Waals surface area contributed by atoms with E-state index in [9.17, 15) is 13.2 Å². The highest BCUT2D eigenvalue weighted by Crippen LogP contribution is 2.28. The van der Waals surface area contributed by atoms with Gasteiger partial charge in [0.1, 0.15) is 5.75 Å². The average molecular weight is 445 g/mol. The van der Waals surface area contributed by atoms with Crippen LogP contribution in [0.5, 0.6) is 5.75 Å². The van der Waals surface area contributed by atoms with Crippen LogP contribution in [-0.4, -0.2) is 46.0 Å². The number of aryl methyl sites for hydroxylation is 2. The molecule has 1 saturated heterocycles. The van der Waals surface area contributed by atoms with Gasteiger partial charge in [0, 0.05) is 26.1 Å². The van der Waals surface area contributed by atoms with Gasteiger partial charge in [-0.1, -0.05) is 24.6 Å². The van der Waals surface area contributed by atoms with Crippen molar-refractivity contribution in [2.45, 2.75) is 44.9 Å². The van der Waals surface area contributed by atoms with Crippen LogP contribution in [0.3, 0.4) is 0 Å². The van der Waals surface area contributed by atoms with Crippen LogP contribution in [0.25, 0.3) is 0 Å². The van der Waals surface area contributed by atoms with E-state index in [0.717, 1.165) is 31.5 Å². The zero-order chi connectivity index (χ0) is 22.6. The molecule has 6 nitrogen and oxygen atoms in total. The van der Waals surface area contributed by atoms with Crippen LogP contribution in [0, 0.1) is 19.8 Å². The molecule has 2 aromatic rings. The van der Waals surface area contributed by atoms with Crippen molar-refractivity contribution in [3.63, 3.8) is 0 Å². The number of sulfonamides is 1. The number of anilines is 1. The van der Waals surface area contributed by atoms with Gasteiger partial charge >= 0.3 is 0 Å². The molecule has 0 saturated carbocycles. The molecule has 0 bridgehead atoms. The van der Waals surface area contributed by atoms with Crippen molar-refractivity contribution in [3.05, 3.63) is 53.6 Å². The zero-order valence-corrected chi connectivity index (χ0v) is 19.6. The maximum atomic E-state index is 13.6. The van der Waals surface area contributed by atoms with Gasteiger partial charge in [-0.3, -0.25) is 9.10 Å². The Morgan fingerprint density at radius 1 is 1.10 bits per heavy atom. The van der Waals surface area contributed by atoms with E-state index in [0.29, 0.717) is 22.9 Å². The van der Waals surface area contributed by atoms with E-state index in [-0.39, 0.29) is 23.8 Å². The van der Waals surface area contributed by atoms with E-state index in [1.54, 1.807) is 50.4 Å². The molecule has 1 aliphatic heterocycles. The molecule has 1 fully saturated rings. The summed E-state index contributed by atoms with van der Waals surface area (Å²) in [4.78, 5) is 14.9. The number of methoxy groups -OCH3 is 1. The summed E-state index contributed by atoms with van der Waals surface area (Å²) in [5.41, 5.74) is 2.21. The van der Waals surface area contributed by atoms with Crippen molar-refractivity contribution < 1.29 is 17.9 Å². The largest absolute Gasteiger partial charge is 0.497 e. The van der Waals surface area contributed by atoms with Gasteiger partial charge in [-0.2, -0.15) is 0 Å². The molecule has 2 aromatic carbocycles. The minimum atomic E-state index is -3.83. The first kappa shape index (κ1) is 23.1. The van der Waals surface area contributed by atoms with Gasteiger partial charge in [0.2, 0.25) is 5.91 Å². The van der Waals surface area contributed by atoms with Crippen molar-refractivity contribution >= 4 is 21.6 Å². The molecule has 0 spiro atoms. The Morgan fingerprint density at radius 2 is 1.74 bits per heavy atom. The quantitative estimate of drug-likeness (QED) is 0.643. The van der Waals surface area contributed by atoms with Crippen molar-refractivity contribution in [1.82, 2.24) is 4.90 Å². The molecule has 0 atom stereocenters. The molecule has 1 heterocycles. The lowest BCUT2D eigenvalue weighted by molar-refractivity contribution is -0.132. The number of benzene rings is 2. The summed E-state index contributed by atoms with van der Waals surface area (Å²) < 4.78 is 33.8. The predicted octanol–water partition coefficient (Wildman–Crippen LogP) is 4.16. The summed E-state index contributed by atoms with van der Waals surface area (Å²) >= 11 is 0. The van der Waals surface area contributed by atoms with E-state index in [1.807, 2.05) is 17.9 Å². The minimum Gasteiger partial charge on any atom is -0.497 e. The summed E-state index contributed by atoms with van der Waals surface area (Å²) in [6.07, 6.45) is 2.13. The Morgan fingerprint density at radius 3 is 2.32 bits per heavy atom. The first-order valence-electron chi connectivity index (χ1n) is 10.7. The van der Waals surface area contributed by atoms with E-state index in [1.165, 1.54) is 4.31 Å². The first-order chi connectivity index (χ1) is 14.7. The molecule has 0 N–H and O–H groups in total. The van der Waals surface area contributed by atoms with Crippen LogP contribution >= 0.6 is 0 Å². The van der Waals surface area contributed by atoms with Gasteiger partial charge < -0.3 is 9.64 Å². The highest BCUT2D eigenvalue weighted by molar-refractivity contribution is 7.92. The number of ether oxygens (including phenoxy) is 1. The third-order valence-electron chi connectivity index (χ3n) is 5.92. The van der Waals surface area contributed by atoms with Crippen molar-refractivity contribution in [2.24, 2.45) is 5.92 Å². The number of likely N-dealkylation sites (tertiary alicyclic amines) is 1. The van der Waals surface area contributed by atoms with Crippen LogP contribution in [-0.2, 0) is 14.8 Å². The van der Waals surface area contributed by atoms with Gasteiger partial charge in [0.05, 0.1) is 17.7 Å². The highest BCUT2D eigenvalue weighted by atomic mass is 32.2. The fourth-order valence-corrected chi connectivity index (χ4v) is 5.63. The number of carbonyl (C=O) groups is 1. The predicted molar refractivity (Wildman–Crippen MR) is 123 cm³/mol. The van der Waals surface area contributed by atoms with Gasteiger partial charge in [0.25, 0.3) is 10.0 Å². The van der Waals surface area contributed by atoms with Crippen molar-refractivity contribution in [2.75, 3.05) is 31.0 Å². The molecule has 0 aliphatic carbocycles. The second-order valence-corrected chi connectivity index (χ2v) is 10.2. The number of nitrogens with zero attached hydrogens (tertiary/aromatic N) is 2. The lowest BCUT2D eigenvalue weighted by atomic mass is 9.99. The van der Waals surface area contributed by atoms with Crippen molar-refractivity contribution in [1.29, 1.82) is 0 Å². The topological polar surface area (TPSA) is 66.9 Å². The highest BCUT2D eigenvalue weighted by Gasteiger charge is 2.28. The van der Waals surface area contributed by atoms with E-state index >= 15 is 0 Å². The number of rotatable bonds is 7. The summed E-state index contributed by atoms with van der Waals surface area (Å²) in [5.74, 6) is 1.28. The lowest BCUT2D eigenvalue weighted by Crippen LogP contribution is -2.40. The van der Waals surface area contributed by atoms with Gasteiger partial charge in [-0.05, 0) is 68.5 Å². The number of hydrogen-bond donors (Lipinski definition) is 0. The summed E-state index contributed by atoms with van der Waals surface area (Å²) in [6, 6.07) is 12.2. The molecule has 7 heteroatoms. The Balaban J connectivity index is 1.88. The van der Waals surface area contributed by atoms with Gasteiger partial charge in [0.15, 0.2) is 0 Å². The second kappa shape index (κ2) is 9.73. The molecule has 1 amide bonds. The summed E-state index contributed by atoms with van der Waals surface area (Å²) in [6.45, 7) is 7.50. The van der Waals surface area contributed by atoms with Crippen LogP contribution < -0.4 is 9.04 Å². The number of piperidine rings is 1. The molecule has 0 aromatic heterocycles. The Kier molecular flexibility index (Phi) is 7.26. The van der Waals surface area contributed by atoms with E-state index in [2.05, 4.69) is 6.92 Å². The smallest absolute Gasteiger partial charge is 0.264 e. The first-order valence-corrected chi connectivity index (χ1v) is 12.2. The molecular weight excluding hydrogens is 412 g/mol. The van der Waals surface area contributed by atoms with Crippen LogP contribution in [0.2, 0.25) is 0 Å². The third-order valence-corrected chi connectivity index (χ3v) is 7.91. The third kappa shape index (κ3) is 5.39. The van der Waals surface area contributed by atoms with Gasteiger partial charge in [-0.15, -0.1) is 0 Å². The van der Waals surface area contributed by atoms with Crippen LogP contribution in [0.15, 0.2) is 47.4 Å². The molecule has 168 valence electrons. The number of carbonyl (C=O) groups excluding carboxylic acids is 1. The normalized spacial score (nSPS) is 15.0. The monoisotopic (exact) mass is 444 g/mol. The van der Waals surface area contributed by atoms with Crippen LogP contribution in [0.1, 0.15) is 37.3 Å². The standard InChI is InChI=1S/C24H32N2O4S/c1-18-11-14-25(15-12-18)24(27)13-16-26(21-6-8-22(30-4)9-7-21)31(28,29)23-10-5-19(2)17-20(23)3/h5-10,17-18H,11-16H2,1-4H3. The number of hydrogen-bond acceptors (Lipinski definition) is 4. The summed E-state index contributed by atoms with van der Waals surface area (Å²) in [7, 11) is -2.27. The molecule has 0 radical (unpaired) electrons. The Bertz CT molecular complexity index is 1010. The SMILES string of the molecule is COc1ccc(N(CCC(=O)N2CCC(C)CC2)S(=O)(=O)c2ccc(C)cc2C)cc1. The Labute approximate surface area is 185 Å². The zero-order valence-electron chi connectivity index (χ0n) is 18.8. The fraction of sp³-hybridized carbons (Fsp3) is 0.458. The molecule has 31 heavy (non-hydrogen) atoms. The minimum absolute atomic E-state index is 0.00115. The molecule has 0 unspecified atom stereocenters. The second-order valence-electron chi connectivity index (χ2n) is 8.36. The van der Waals surface area contributed by atoms with Crippen molar-refractivity contribution in [3.8, 4) is 5.75 Å². The molecule has 1 aliphatic rings. The summed E-state index contributed by atoms with van der Waals surface area (Å²) in [5, 5.41) is 0. The Hall–Kier alpha value is -2.54. The average Bonchev–Trinajstić information content (AvgIpc) is 2.74.